The van der Waals surface area contributed by atoms with Crippen LogP contribution in [0.25, 0.3) is 0 Å². The van der Waals surface area contributed by atoms with Gasteiger partial charge in [0.1, 0.15) is 189 Å². The van der Waals surface area contributed by atoms with Crippen LogP contribution in [0.4, 0.5) is 0 Å². The monoisotopic (exact) mass is 1740 g/mol. The topological polar surface area (TPSA) is 650 Å². The standard InChI is InChI=1S/C77H126O43/c1-25-8-13-77(105-20-25)26(2)42-35(120-77)15-32-30-7-6-28-14-29(9-11-75(28,4)31(30)10-12-76(32,42)5)107-73-64(118-70-55(96)50(91)43(84)27(3)106-70)57(98)61(39(19-81)111-73)115-74-65(119-68-52(93)44(85)33(82)21-101-68)63(48(89)38(18-80)110-74)117-69-58(99)60(34(83)22-102-69)114-72-59(100)62(49(90)41(113-72)24-104-67-54(95)46(87)37(17-79)109-67)116-71-56(97)51(92)47(88)40(112-71)23-103-66-53(94)45(86)36(16-78)108-66/h25-74,78-100H,6-24H2,1-5H3/t25-,26-,27-,28-,29-,30?,31?,32?,33-,34+,35?,36-,37-,38+,39+,40+,41+,42?,43-,44-,45-,46-,47+,48+,49+,50+,51-,52+,53+,54+,55+,56+,57-,58+,59+,60-,61-,62-,63-,64+,65+,66-,67+,68+,69-,70+,71-,72+,73+,74-,75-,76-,77?/m0/s1. The molecule has 15 rings (SSSR count). The van der Waals surface area contributed by atoms with Crippen LogP contribution < -0.4 is 0 Å². The number of aliphatic hydroxyl groups is 23. The van der Waals surface area contributed by atoms with Gasteiger partial charge in [0.15, 0.2) is 62.4 Å². The molecule has 0 aromatic heterocycles. The summed E-state index contributed by atoms with van der Waals surface area (Å²) in [7, 11) is 0. The van der Waals surface area contributed by atoms with Crippen molar-refractivity contribution in [2.75, 3.05) is 59.5 Å². The van der Waals surface area contributed by atoms with E-state index in [1.807, 2.05) is 0 Å². The fourth-order valence-corrected chi connectivity index (χ4v) is 22.3. The molecule has 4 aliphatic carbocycles. The van der Waals surface area contributed by atoms with E-state index in [4.69, 9.17) is 94.7 Å². The summed E-state index contributed by atoms with van der Waals surface area (Å²) >= 11 is 0. The molecule has 15 fully saturated rings. The lowest BCUT2D eigenvalue weighted by Gasteiger charge is -2.61. The van der Waals surface area contributed by atoms with Crippen molar-refractivity contribution in [3.05, 3.63) is 0 Å². The van der Waals surface area contributed by atoms with Crippen LogP contribution in [0.2, 0.25) is 0 Å². The lowest BCUT2D eigenvalue weighted by atomic mass is 9.44. The van der Waals surface area contributed by atoms with Crippen LogP contribution in [0.15, 0.2) is 0 Å². The first-order valence-corrected chi connectivity index (χ1v) is 42.4. The van der Waals surface area contributed by atoms with Crippen LogP contribution in [0.5, 0.6) is 0 Å². The molecule has 0 bridgehead atoms. The molecule has 11 aliphatic heterocycles. The molecule has 15 aliphatic rings. The molecule has 11 heterocycles. The molecule has 53 atom stereocenters. The van der Waals surface area contributed by atoms with Crippen LogP contribution >= 0.6 is 0 Å². The van der Waals surface area contributed by atoms with Gasteiger partial charge < -0.3 is 212 Å². The van der Waals surface area contributed by atoms with Crippen molar-refractivity contribution >= 4 is 0 Å². The summed E-state index contributed by atoms with van der Waals surface area (Å²) in [6, 6.07) is 0. The molecule has 0 amide bonds. The minimum absolute atomic E-state index is 0.0813. The van der Waals surface area contributed by atoms with Crippen LogP contribution in [0.1, 0.15) is 98.8 Å². The van der Waals surface area contributed by atoms with Crippen molar-refractivity contribution in [3.63, 3.8) is 0 Å². The van der Waals surface area contributed by atoms with Gasteiger partial charge in [-0.2, -0.15) is 0 Å². The number of aliphatic hydroxyl groups excluding tert-OH is 23. The maximum absolute atomic E-state index is 13.0. The second-order valence-electron chi connectivity index (χ2n) is 36.6. The molecule has 0 aromatic carbocycles. The fourth-order valence-electron chi connectivity index (χ4n) is 22.3. The SMILES string of the molecule is C[C@H]1CCC2(OC1)OC1CC3C4CC[C@H]5C[C@@H](O[C@@H]6O[C@H](CO)[C@H](O[C@@H]7O[C@H](CO)[C@@H](O)[C@H](O[C@@H]8OC[C@@H](O)[C@H](O[C@H]9O[C@H](CO[C@@H]%10O[C@@H](CO)[C@H](O)[C@H]%10O)[C@@H](O)[C@H](O[C@@H]%10O[C@H](CO[C@H]%11O[C@@H](CO)[C@H](O)[C@H]%11O)[C@@H](O)[C@H](O)[C@H]%10O)[C@H]9O)[C@H]8O)[C@H]7O[C@H]7OC[C@H](O)[C@H](O)[C@H]7O)[C@H](O)[C@H]6O[C@H]6O[C@@H](C)[C@H](O)[C@@H](O)[C@H]6O)CC[C@]5(C)C4CC[C@]3(C)C1[C@@H]2C. The van der Waals surface area contributed by atoms with Crippen molar-refractivity contribution in [3.8, 4) is 0 Å². The lowest BCUT2D eigenvalue weighted by molar-refractivity contribution is -0.411. The molecule has 1 spiro atoms. The van der Waals surface area contributed by atoms with Crippen molar-refractivity contribution in [1.82, 2.24) is 0 Å². The number of fused-ring (bicyclic) bond motifs is 7. The molecule has 4 saturated carbocycles. The van der Waals surface area contributed by atoms with E-state index in [0.29, 0.717) is 49.0 Å². The van der Waals surface area contributed by atoms with Crippen molar-refractivity contribution in [2.24, 2.45) is 52.3 Å². The van der Waals surface area contributed by atoms with Crippen LogP contribution in [0.3, 0.4) is 0 Å². The number of hydrogen-bond donors (Lipinski definition) is 23. The normalized spacial score (nSPS) is 56.8. The third-order valence-corrected chi connectivity index (χ3v) is 29.4. The Morgan fingerprint density at radius 3 is 1.43 bits per heavy atom. The maximum atomic E-state index is 13.0. The smallest absolute Gasteiger partial charge is 0.187 e. The minimum Gasteiger partial charge on any atom is -0.394 e. The highest BCUT2D eigenvalue weighted by Gasteiger charge is 2.70. The van der Waals surface area contributed by atoms with Crippen LogP contribution in [-0.4, -0.2) is 447 Å². The molecule has 43 nitrogen and oxygen atoms in total. The Kier molecular flexibility index (Phi) is 29.2. The average molecular weight is 1740 g/mol. The molecule has 0 radical (unpaired) electrons. The summed E-state index contributed by atoms with van der Waals surface area (Å²) in [5.74, 6) is 2.11. The Bertz CT molecular complexity index is 3290. The molecule has 120 heavy (non-hydrogen) atoms. The van der Waals surface area contributed by atoms with E-state index >= 15 is 0 Å². The first-order valence-electron chi connectivity index (χ1n) is 42.4. The van der Waals surface area contributed by atoms with Gasteiger partial charge in [0.05, 0.1) is 77.8 Å². The largest absolute Gasteiger partial charge is 0.394 e. The highest BCUT2D eigenvalue weighted by Crippen LogP contribution is 2.72. The molecule has 6 unspecified atom stereocenters. The molecule has 43 heteroatoms. The summed E-state index contributed by atoms with van der Waals surface area (Å²) in [6.45, 7) is 4.71. The van der Waals surface area contributed by atoms with E-state index in [9.17, 15) is 117 Å². The van der Waals surface area contributed by atoms with Crippen molar-refractivity contribution < 1.29 is 212 Å². The van der Waals surface area contributed by atoms with E-state index in [-0.39, 0.29) is 28.8 Å². The van der Waals surface area contributed by atoms with Gasteiger partial charge in [0.25, 0.3) is 0 Å². The van der Waals surface area contributed by atoms with Crippen LogP contribution in [0, 0.1) is 52.3 Å². The van der Waals surface area contributed by atoms with Gasteiger partial charge in [-0.1, -0.05) is 27.7 Å². The molecule has 23 N–H and O–H groups in total. The Balaban J connectivity index is 0.668. The van der Waals surface area contributed by atoms with Crippen LogP contribution in [-0.2, 0) is 94.7 Å². The molecule has 692 valence electrons. The van der Waals surface area contributed by atoms with Crippen molar-refractivity contribution in [1.29, 1.82) is 0 Å². The minimum atomic E-state index is -2.35. The van der Waals surface area contributed by atoms with Gasteiger partial charge in [-0.25, -0.2) is 0 Å². The third kappa shape index (κ3) is 17.4. The van der Waals surface area contributed by atoms with Crippen molar-refractivity contribution in [2.45, 2.75) is 369 Å². The highest BCUT2D eigenvalue weighted by atomic mass is 16.8. The molecule has 11 saturated heterocycles. The first kappa shape index (κ1) is 93.0. The fraction of sp³-hybridized carbons (Fsp3) is 1.00. The number of ether oxygens (including phenoxy) is 20. The first-order chi connectivity index (χ1) is 57.1. The summed E-state index contributed by atoms with van der Waals surface area (Å²) in [4.78, 5) is 0. The average Bonchev–Trinajstić information content (AvgIpc) is 1.59. The highest BCUT2D eigenvalue weighted by molar-refractivity contribution is 5.16. The van der Waals surface area contributed by atoms with Gasteiger partial charge in [-0.3, -0.25) is 0 Å². The quantitative estimate of drug-likeness (QED) is 0.0399. The Labute approximate surface area is 690 Å². The van der Waals surface area contributed by atoms with Gasteiger partial charge >= 0.3 is 0 Å². The number of hydrogen-bond acceptors (Lipinski definition) is 43. The zero-order valence-electron chi connectivity index (χ0n) is 67.3. The lowest BCUT2D eigenvalue weighted by Crippen LogP contribution is -2.69. The Hall–Kier alpha value is -1.72. The summed E-state index contributed by atoms with van der Waals surface area (Å²) < 4.78 is 122. The molecular weight excluding hydrogens is 1610 g/mol. The summed E-state index contributed by atoms with van der Waals surface area (Å²) in [5.41, 5.74) is -0.00461. The second kappa shape index (κ2) is 37.6. The van der Waals surface area contributed by atoms with Gasteiger partial charge in [0, 0.05) is 12.3 Å². The maximum Gasteiger partial charge on any atom is 0.187 e. The van der Waals surface area contributed by atoms with E-state index in [0.717, 1.165) is 51.4 Å². The van der Waals surface area contributed by atoms with Gasteiger partial charge in [0.2, 0.25) is 0 Å². The zero-order valence-corrected chi connectivity index (χ0v) is 67.3. The summed E-state index contributed by atoms with van der Waals surface area (Å²) in [6.07, 6.45) is -69.8. The summed E-state index contributed by atoms with van der Waals surface area (Å²) in [5, 5.41) is 258. The molecule has 0 aromatic rings. The molecular formula is C77H126O43. The van der Waals surface area contributed by atoms with E-state index < -0.39 is 317 Å². The van der Waals surface area contributed by atoms with E-state index in [1.54, 1.807) is 0 Å². The van der Waals surface area contributed by atoms with Gasteiger partial charge in [-0.15, -0.1) is 0 Å². The second-order valence-corrected chi connectivity index (χ2v) is 36.6. The van der Waals surface area contributed by atoms with E-state index in [2.05, 4.69) is 27.7 Å². The third-order valence-electron chi connectivity index (χ3n) is 29.4. The van der Waals surface area contributed by atoms with Gasteiger partial charge in [-0.05, 0) is 111 Å². The predicted octanol–water partition coefficient (Wildman–Crippen LogP) is -10.2. The zero-order chi connectivity index (χ0) is 85.9. The number of rotatable bonds is 24. The van der Waals surface area contributed by atoms with E-state index in [1.165, 1.54) is 6.92 Å². The Morgan fingerprint density at radius 1 is 0.333 bits per heavy atom. The predicted molar refractivity (Wildman–Crippen MR) is 386 cm³/mol. The Morgan fingerprint density at radius 2 is 0.808 bits per heavy atom.